The molecule has 2 rings (SSSR count). The van der Waals surface area contributed by atoms with Crippen molar-refractivity contribution in [2.75, 3.05) is 5.32 Å². The van der Waals surface area contributed by atoms with Gasteiger partial charge in [0.15, 0.2) is 0 Å². The normalized spacial score (nSPS) is 17.9. The van der Waals surface area contributed by atoms with E-state index in [2.05, 4.69) is 15.6 Å². The SMILES string of the molecule is O=[N+]([O-])c1ccccc1NC1C=NC=CN1. The summed E-state index contributed by atoms with van der Waals surface area (Å²) in [5, 5.41) is 16.7. The van der Waals surface area contributed by atoms with Crippen molar-refractivity contribution in [1.29, 1.82) is 0 Å². The van der Waals surface area contributed by atoms with Crippen LogP contribution in [0.2, 0.25) is 0 Å². The molecule has 1 unspecified atom stereocenters. The lowest BCUT2D eigenvalue weighted by Gasteiger charge is -2.17. The molecule has 6 nitrogen and oxygen atoms in total. The zero-order valence-electron chi connectivity index (χ0n) is 8.33. The van der Waals surface area contributed by atoms with Crippen LogP contribution < -0.4 is 10.6 Å². The van der Waals surface area contributed by atoms with Crippen molar-refractivity contribution in [2.45, 2.75) is 6.17 Å². The highest BCUT2D eigenvalue weighted by Crippen LogP contribution is 2.23. The number of nitro groups is 1. The molecule has 1 aliphatic rings. The summed E-state index contributed by atoms with van der Waals surface area (Å²) in [5.74, 6) is 0. The molecule has 6 heteroatoms. The highest BCUT2D eigenvalue weighted by atomic mass is 16.6. The molecule has 1 heterocycles. The van der Waals surface area contributed by atoms with Gasteiger partial charge in [-0.1, -0.05) is 12.1 Å². The molecule has 1 aromatic carbocycles. The van der Waals surface area contributed by atoms with Crippen LogP contribution in [0.15, 0.2) is 41.7 Å². The van der Waals surface area contributed by atoms with Gasteiger partial charge in [0.05, 0.1) is 4.92 Å². The van der Waals surface area contributed by atoms with E-state index < -0.39 is 4.92 Å². The van der Waals surface area contributed by atoms with Crippen LogP contribution in [0.1, 0.15) is 0 Å². The lowest BCUT2D eigenvalue weighted by Crippen LogP contribution is -2.35. The van der Waals surface area contributed by atoms with E-state index in [-0.39, 0.29) is 11.9 Å². The molecule has 0 spiro atoms. The van der Waals surface area contributed by atoms with Crippen LogP contribution in [0.4, 0.5) is 11.4 Å². The Hall–Kier alpha value is -2.37. The fourth-order valence-electron chi connectivity index (χ4n) is 1.37. The smallest absolute Gasteiger partial charge is 0.292 e. The summed E-state index contributed by atoms with van der Waals surface area (Å²) in [6.07, 6.45) is 4.69. The Bertz CT molecular complexity index is 456. The van der Waals surface area contributed by atoms with Crippen molar-refractivity contribution >= 4 is 17.6 Å². The predicted octanol–water partition coefficient (Wildman–Crippen LogP) is 1.48. The summed E-state index contributed by atoms with van der Waals surface area (Å²) in [6, 6.07) is 6.49. The molecule has 0 fully saturated rings. The average Bonchev–Trinajstić information content (AvgIpc) is 2.31. The first-order valence-electron chi connectivity index (χ1n) is 4.72. The first-order chi connectivity index (χ1) is 7.77. The van der Waals surface area contributed by atoms with Crippen molar-refractivity contribution in [3.05, 3.63) is 46.8 Å². The van der Waals surface area contributed by atoms with Crippen molar-refractivity contribution in [1.82, 2.24) is 5.32 Å². The maximum atomic E-state index is 10.8. The highest BCUT2D eigenvalue weighted by molar-refractivity contribution is 5.73. The minimum Gasteiger partial charge on any atom is -0.366 e. The molecule has 82 valence electrons. The van der Waals surface area contributed by atoms with Crippen LogP contribution in [0.3, 0.4) is 0 Å². The molecule has 16 heavy (non-hydrogen) atoms. The van der Waals surface area contributed by atoms with E-state index in [1.54, 1.807) is 36.8 Å². The van der Waals surface area contributed by atoms with Crippen molar-refractivity contribution < 1.29 is 4.92 Å². The molecular formula is C10H10N4O2. The molecule has 0 radical (unpaired) electrons. The summed E-state index contributed by atoms with van der Waals surface area (Å²) in [4.78, 5) is 14.3. The second kappa shape index (κ2) is 4.43. The van der Waals surface area contributed by atoms with Gasteiger partial charge in [-0.3, -0.25) is 15.1 Å². The molecule has 1 atom stereocenters. The van der Waals surface area contributed by atoms with Gasteiger partial charge in [0, 0.05) is 24.7 Å². The van der Waals surface area contributed by atoms with E-state index >= 15 is 0 Å². The van der Waals surface area contributed by atoms with Gasteiger partial charge in [-0.2, -0.15) is 0 Å². The average molecular weight is 218 g/mol. The molecular weight excluding hydrogens is 208 g/mol. The van der Waals surface area contributed by atoms with E-state index in [0.29, 0.717) is 5.69 Å². The Morgan fingerprint density at radius 2 is 2.25 bits per heavy atom. The second-order valence-electron chi connectivity index (χ2n) is 3.18. The molecule has 1 aromatic rings. The lowest BCUT2D eigenvalue weighted by atomic mass is 10.2. The van der Waals surface area contributed by atoms with E-state index in [1.807, 2.05) is 0 Å². The Morgan fingerprint density at radius 1 is 1.44 bits per heavy atom. The van der Waals surface area contributed by atoms with Crippen LogP contribution in [-0.2, 0) is 0 Å². The van der Waals surface area contributed by atoms with Gasteiger partial charge in [-0.25, -0.2) is 0 Å². The van der Waals surface area contributed by atoms with Gasteiger partial charge in [-0.15, -0.1) is 0 Å². The van der Waals surface area contributed by atoms with Crippen LogP contribution in [0.25, 0.3) is 0 Å². The van der Waals surface area contributed by atoms with Gasteiger partial charge < -0.3 is 10.6 Å². The van der Waals surface area contributed by atoms with Crippen LogP contribution in [0.5, 0.6) is 0 Å². The van der Waals surface area contributed by atoms with Gasteiger partial charge in [0.25, 0.3) is 5.69 Å². The van der Waals surface area contributed by atoms with Gasteiger partial charge in [-0.05, 0) is 6.07 Å². The number of rotatable bonds is 3. The van der Waals surface area contributed by atoms with Crippen LogP contribution in [-0.4, -0.2) is 17.3 Å². The quantitative estimate of drug-likeness (QED) is 0.594. The maximum Gasteiger partial charge on any atom is 0.292 e. The second-order valence-corrected chi connectivity index (χ2v) is 3.18. The summed E-state index contributed by atoms with van der Waals surface area (Å²) >= 11 is 0. The lowest BCUT2D eigenvalue weighted by molar-refractivity contribution is -0.384. The molecule has 0 aliphatic carbocycles. The predicted molar refractivity (Wildman–Crippen MR) is 61.3 cm³/mol. The summed E-state index contributed by atoms with van der Waals surface area (Å²) in [6.45, 7) is 0. The fourth-order valence-corrected chi connectivity index (χ4v) is 1.37. The zero-order valence-corrected chi connectivity index (χ0v) is 8.33. The standard InChI is InChI=1S/C10H10N4O2/c15-14(16)9-4-2-1-3-8(9)13-10-7-11-5-6-12-10/h1-7,10,12-13H. The van der Waals surface area contributed by atoms with Crippen molar-refractivity contribution in [3.63, 3.8) is 0 Å². The Balaban J connectivity index is 2.17. The number of anilines is 1. The van der Waals surface area contributed by atoms with Gasteiger partial charge in [0.1, 0.15) is 11.9 Å². The minimum atomic E-state index is -0.419. The number of benzene rings is 1. The molecule has 0 saturated heterocycles. The minimum absolute atomic E-state index is 0.0484. The molecule has 0 amide bonds. The first kappa shape index (κ1) is 10.2. The van der Waals surface area contributed by atoms with E-state index in [9.17, 15) is 10.1 Å². The van der Waals surface area contributed by atoms with Crippen molar-refractivity contribution in [3.8, 4) is 0 Å². The Morgan fingerprint density at radius 3 is 2.94 bits per heavy atom. The molecule has 0 saturated carbocycles. The first-order valence-corrected chi connectivity index (χ1v) is 4.72. The van der Waals surface area contributed by atoms with Gasteiger partial charge >= 0.3 is 0 Å². The Kier molecular flexibility index (Phi) is 2.81. The summed E-state index contributed by atoms with van der Waals surface area (Å²) in [5.41, 5.74) is 0.513. The highest BCUT2D eigenvalue weighted by Gasteiger charge is 2.14. The third-order valence-corrected chi connectivity index (χ3v) is 2.08. The Labute approximate surface area is 91.8 Å². The number of hydrogen-bond acceptors (Lipinski definition) is 5. The number of hydrogen-bond donors (Lipinski definition) is 2. The van der Waals surface area contributed by atoms with E-state index in [0.717, 1.165) is 0 Å². The van der Waals surface area contributed by atoms with E-state index in [1.165, 1.54) is 6.07 Å². The molecule has 0 bridgehead atoms. The number of para-hydroxylation sites is 2. The zero-order chi connectivity index (χ0) is 11.4. The van der Waals surface area contributed by atoms with Crippen LogP contribution in [0, 0.1) is 10.1 Å². The summed E-state index contributed by atoms with van der Waals surface area (Å²) < 4.78 is 0. The number of nitrogens with one attached hydrogen (secondary N) is 2. The molecule has 0 aromatic heterocycles. The molecule has 2 N–H and O–H groups in total. The number of aliphatic imine (C=N–C) groups is 1. The third kappa shape index (κ3) is 2.17. The topological polar surface area (TPSA) is 79.6 Å². The molecule has 1 aliphatic heterocycles. The van der Waals surface area contributed by atoms with Crippen LogP contribution >= 0.6 is 0 Å². The van der Waals surface area contributed by atoms with Gasteiger partial charge in [0.2, 0.25) is 0 Å². The largest absolute Gasteiger partial charge is 0.366 e. The summed E-state index contributed by atoms with van der Waals surface area (Å²) in [7, 11) is 0. The number of nitrogens with zero attached hydrogens (tertiary/aromatic N) is 2. The van der Waals surface area contributed by atoms with Crippen molar-refractivity contribution in [2.24, 2.45) is 4.99 Å². The van der Waals surface area contributed by atoms with E-state index in [4.69, 9.17) is 0 Å². The third-order valence-electron chi connectivity index (χ3n) is 2.08. The maximum absolute atomic E-state index is 10.8. The fraction of sp³-hybridized carbons (Fsp3) is 0.100. The number of nitro benzene ring substituents is 1. The monoisotopic (exact) mass is 218 g/mol.